The Bertz CT molecular complexity index is 1110. The van der Waals surface area contributed by atoms with E-state index in [4.69, 9.17) is 10.6 Å². The fourth-order valence-electron chi connectivity index (χ4n) is 3.09. The van der Waals surface area contributed by atoms with Crippen molar-refractivity contribution in [2.24, 2.45) is 5.84 Å². The molecule has 0 aliphatic rings. The summed E-state index contributed by atoms with van der Waals surface area (Å²) in [6, 6.07) is 18.3. The molecule has 0 fully saturated rings. The van der Waals surface area contributed by atoms with Crippen LogP contribution < -0.4 is 26.9 Å². The molecule has 8 heteroatoms. The molecule has 3 aromatic rings. The van der Waals surface area contributed by atoms with Gasteiger partial charge in [0, 0.05) is 34.1 Å². The van der Waals surface area contributed by atoms with E-state index in [2.05, 4.69) is 27.3 Å². The summed E-state index contributed by atoms with van der Waals surface area (Å²) in [5.74, 6) is 5.55. The molecule has 0 saturated heterocycles. The first kappa shape index (κ1) is 20.8. The number of hydrogen-bond acceptors (Lipinski definition) is 6. The number of carbonyl (C=O) groups is 1. The number of aromatic nitrogens is 1. The van der Waals surface area contributed by atoms with Crippen LogP contribution in [0.15, 0.2) is 54.6 Å². The highest BCUT2D eigenvalue weighted by Gasteiger charge is 2.12. The van der Waals surface area contributed by atoms with Gasteiger partial charge in [-0.25, -0.2) is 9.78 Å². The van der Waals surface area contributed by atoms with Crippen molar-refractivity contribution in [1.82, 2.24) is 15.9 Å². The van der Waals surface area contributed by atoms with Crippen molar-refractivity contribution in [3.8, 4) is 23.1 Å². The lowest BCUT2D eigenvalue weighted by Gasteiger charge is -2.15. The van der Waals surface area contributed by atoms with E-state index in [1.807, 2.05) is 50.2 Å². The summed E-state index contributed by atoms with van der Waals surface area (Å²) in [4.78, 5) is 16.3. The van der Waals surface area contributed by atoms with Crippen LogP contribution in [0.3, 0.4) is 0 Å². The van der Waals surface area contributed by atoms with Crippen LogP contribution in [0.4, 0.5) is 10.5 Å². The van der Waals surface area contributed by atoms with Gasteiger partial charge in [0.15, 0.2) is 0 Å². The van der Waals surface area contributed by atoms with E-state index in [1.165, 1.54) is 0 Å². The third kappa shape index (κ3) is 4.72. The molecule has 8 nitrogen and oxygen atoms in total. The Morgan fingerprint density at radius 1 is 1.10 bits per heavy atom. The van der Waals surface area contributed by atoms with Gasteiger partial charge in [0.1, 0.15) is 6.61 Å². The number of urea groups is 1. The molecule has 3 rings (SSSR count). The summed E-state index contributed by atoms with van der Waals surface area (Å²) in [5, 5.41) is 12.1. The first-order valence-electron chi connectivity index (χ1n) is 9.24. The molecule has 152 valence electrons. The summed E-state index contributed by atoms with van der Waals surface area (Å²) < 4.78 is 5.90. The quantitative estimate of drug-likeness (QED) is 0.370. The molecule has 30 heavy (non-hydrogen) atoms. The second-order valence-electron chi connectivity index (χ2n) is 6.55. The summed E-state index contributed by atoms with van der Waals surface area (Å²) in [6.45, 7) is 4.03. The Morgan fingerprint density at radius 3 is 2.63 bits per heavy atom. The summed E-state index contributed by atoms with van der Waals surface area (Å²) in [5.41, 5.74) is 9.80. The van der Waals surface area contributed by atoms with Gasteiger partial charge in [0.05, 0.1) is 11.6 Å². The number of anilines is 1. The number of nitrogens with two attached hydrogens (primary N) is 1. The van der Waals surface area contributed by atoms with Gasteiger partial charge in [0.2, 0.25) is 5.88 Å². The minimum Gasteiger partial charge on any atom is -0.473 e. The van der Waals surface area contributed by atoms with E-state index in [0.717, 1.165) is 27.9 Å². The number of rotatable bonds is 6. The normalized spacial score (nSPS) is 10.2. The summed E-state index contributed by atoms with van der Waals surface area (Å²) in [7, 11) is 0. The number of ether oxygens (including phenoxy) is 1. The van der Waals surface area contributed by atoms with Crippen molar-refractivity contribution in [2.75, 3.05) is 5.32 Å². The fraction of sp³-hybridized carbons (Fsp3) is 0.136. The maximum Gasteiger partial charge on any atom is 0.334 e. The van der Waals surface area contributed by atoms with Crippen LogP contribution in [0.1, 0.15) is 22.4 Å². The van der Waals surface area contributed by atoms with Crippen molar-refractivity contribution in [2.45, 2.75) is 20.5 Å². The number of aryl methyl sites for hydroxylation is 2. The number of hydrogen-bond donors (Lipinski definition) is 4. The topological polar surface area (TPSA) is 125 Å². The van der Waals surface area contributed by atoms with E-state index < -0.39 is 6.03 Å². The number of carbonyl (C=O) groups excluding carboxylic acids is 1. The summed E-state index contributed by atoms with van der Waals surface area (Å²) in [6.07, 6.45) is 0. The summed E-state index contributed by atoms with van der Waals surface area (Å²) >= 11 is 0. The van der Waals surface area contributed by atoms with Gasteiger partial charge in [-0.2, -0.15) is 10.8 Å². The molecular formula is C22H22N6O2. The van der Waals surface area contributed by atoms with Crippen molar-refractivity contribution in [1.29, 1.82) is 5.26 Å². The zero-order valence-electron chi connectivity index (χ0n) is 16.7. The van der Waals surface area contributed by atoms with Crippen LogP contribution in [0.25, 0.3) is 11.1 Å². The van der Waals surface area contributed by atoms with Crippen LogP contribution in [0, 0.1) is 25.2 Å². The molecule has 1 aromatic heterocycles. The van der Waals surface area contributed by atoms with Gasteiger partial charge >= 0.3 is 6.03 Å². The number of pyridine rings is 1. The molecule has 0 atom stereocenters. The van der Waals surface area contributed by atoms with Crippen molar-refractivity contribution >= 4 is 11.7 Å². The molecule has 0 saturated carbocycles. The number of benzene rings is 2. The lowest BCUT2D eigenvalue weighted by atomic mass is 9.99. The van der Waals surface area contributed by atoms with E-state index in [9.17, 15) is 10.1 Å². The second-order valence-corrected chi connectivity index (χ2v) is 6.55. The standard InChI is InChI=1S/C22H22N6O2/c1-14-6-5-9-20(26-22(29)27-28-24)19(14)13-30-21-11-10-17(15(2)25-21)18-8-4-3-7-16(18)12-23/h3-11,28H,13,24H2,1-2H3,(H2,26,27,29). The number of hydrazine groups is 2. The number of nitriles is 1. The second kappa shape index (κ2) is 9.52. The van der Waals surface area contributed by atoms with E-state index >= 15 is 0 Å². The first-order valence-corrected chi connectivity index (χ1v) is 9.24. The Hall–Kier alpha value is -3.93. The van der Waals surface area contributed by atoms with Gasteiger partial charge in [-0.1, -0.05) is 30.3 Å². The minimum atomic E-state index is -0.487. The van der Waals surface area contributed by atoms with Gasteiger partial charge in [-0.05, 0) is 37.6 Å². The van der Waals surface area contributed by atoms with Gasteiger partial charge in [0.25, 0.3) is 0 Å². The van der Waals surface area contributed by atoms with Crippen LogP contribution in [-0.2, 0) is 6.61 Å². The molecular weight excluding hydrogens is 380 g/mol. The molecule has 0 spiro atoms. The highest BCUT2D eigenvalue weighted by atomic mass is 16.5. The smallest absolute Gasteiger partial charge is 0.334 e. The Balaban J connectivity index is 1.80. The van der Waals surface area contributed by atoms with Crippen molar-refractivity contribution in [3.05, 3.63) is 77.0 Å². The maximum atomic E-state index is 11.8. The predicted octanol–water partition coefficient (Wildman–Crippen LogP) is 3.32. The SMILES string of the molecule is Cc1cccc(NC(=O)NNN)c1COc1ccc(-c2ccccc2C#N)c(C)n1. The Kier molecular flexibility index (Phi) is 6.60. The molecule has 0 unspecified atom stereocenters. The number of nitrogens with zero attached hydrogens (tertiary/aromatic N) is 2. The van der Waals surface area contributed by atoms with Gasteiger partial charge < -0.3 is 10.1 Å². The molecule has 2 aromatic carbocycles. The minimum absolute atomic E-state index is 0.221. The average molecular weight is 402 g/mol. The van der Waals surface area contributed by atoms with E-state index in [1.54, 1.807) is 18.2 Å². The van der Waals surface area contributed by atoms with Crippen LogP contribution in [0.2, 0.25) is 0 Å². The Morgan fingerprint density at radius 2 is 1.90 bits per heavy atom. The lowest BCUT2D eigenvalue weighted by molar-refractivity contribution is 0.248. The molecule has 0 radical (unpaired) electrons. The highest BCUT2D eigenvalue weighted by molar-refractivity contribution is 5.89. The largest absolute Gasteiger partial charge is 0.473 e. The third-order valence-electron chi connectivity index (χ3n) is 4.61. The number of amides is 2. The van der Waals surface area contributed by atoms with Crippen LogP contribution in [-0.4, -0.2) is 11.0 Å². The highest BCUT2D eigenvalue weighted by Crippen LogP contribution is 2.28. The molecule has 2 amide bonds. The molecule has 0 aliphatic carbocycles. The van der Waals surface area contributed by atoms with Crippen molar-refractivity contribution in [3.63, 3.8) is 0 Å². The van der Waals surface area contributed by atoms with Crippen molar-refractivity contribution < 1.29 is 9.53 Å². The van der Waals surface area contributed by atoms with Gasteiger partial charge in [-0.15, -0.1) is 0 Å². The molecule has 1 heterocycles. The maximum absolute atomic E-state index is 11.8. The first-order chi connectivity index (χ1) is 14.5. The zero-order chi connectivity index (χ0) is 21.5. The molecule has 0 aliphatic heterocycles. The number of nitrogens with one attached hydrogen (secondary N) is 3. The lowest BCUT2D eigenvalue weighted by Crippen LogP contribution is -2.44. The van der Waals surface area contributed by atoms with Crippen LogP contribution in [0.5, 0.6) is 5.88 Å². The Labute approximate surface area is 174 Å². The van der Waals surface area contributed by atoms with Gasteiger partial charge in [-0.3, -0.25) is 11.3 Å². The van der Waals surface area contributed by atoms with Crippen LogP contribution >= 0.6 is 0 Å². The molecule has 0 bridgehead atoms. The predicted molar refractivity (Wildman–Crippen MR) is 114 cm³/mol. The third-order valence-corrected chi connectivity index (χ3v) is 4.61. The zero-order valence-corrected chi connectivity index (χ0v) is 16.7. The average Bonchev–Trinajstić information content (AvgIpc) is 2.73. The van der Waals surface area contributed by atoms with E-state index in [0.29, 0.717) is 17.1 Å². The fourth-order valence-corrected chi connectivity index (χ4v) is 3.09. The molecule has 5 N–H and O–H groups in total. The monoisotopic (exact) mass is 402 g/mol. The van der Waals surface area contributed by atoms with E-state index in [-0.39, 0.29) is 6.61 Å².